The third-order valence-electron chi connectivity index (χ3n) is 1.45. The summed E-state index contributed by atoms with van der Waals surface area (Å²) in [5.41, 5.74) is 7.82. The first-order chi connectivity index (χ1) is 4.70. The summed E-state index contributed by atoms with van der Waals surface area (Å²) in [5.74, 6) is 0. The van der Waals surface area contributed by atoms with E-state index in [4.69, 9.17) is 5.73 Å². The second-order valence-electron chi connectivity index (χ2n) is 2.52. The molecule has 1 atom stereocenters. The van der Waals surface area contributed by atoms with Crippen LogP contribution in [0.15, 0.2) is 18.3 Å². The molecular formula is C8H12N2. The van der Waals surface area contributed by atoms with Gasteiger partial charge in [-0.25, -0.2) is 0 Å². The predicted molar refractivity (Wildman–Crippen MR) is 41.6 cm³/mol. The molecule has 0 radical (unpaired) electrons. The first-order valence-corrected chi connectivity index (χ1v) is 3.38. The maximum absolute atomic E-state index is 5.65. The lowest BCUT2D eigenvalue weighted by molar-refractivity contribution is 0.813. The van der Waals surface area contributed by atoms with E-state index in [2.05, 4.69) is 4.98 Å². The van der Waals surface area contributed by atoms with Gasteiger partial charge in [-0.05, 0) is 31.5 Å². The molecule has 1 aromatic rings. The standard InChI is InChI=1S/C8H12N2/c1-6-5-8(7(2)9)3-4-10-6/h3-5,7H,9H2,1-2H3/t7-/m1/s1. The average molecular weight is 136 g/mol. The lowest BCUT2D eigenvalue weighted by atomic mass is 10.1. The SMILES string of the molecule is Cc1cc([C@@H](C)N)ccn1. The van der Waals surface area contributed by atoms with E-state index in [9.17, 15) is 0 Å². The molecular weight excluding hydrogens is 124 g/mol. The van der Waals surface area contributed by atoms with E-state index in [0.29, 0.717) is 0 Å². The van der Waals surface area contributed by atoms with Crippen LogP contribution in [0.25, 0.3) is 0 Å². The highest BCUT2D eigenvalue weighted by molar-refractivity contribution is 5.17. The van der Waals surface area contributed by atoms with Crippen LogP contribution in [-0.2, 0) is 0 Å². The van der Waals surface area contributed by atoms with Gasteiger partial charge in [0.05, 0.1) is 0 Å². The van der Waals surface area contributed by atoms with Gasteiger partial charge in [-0.15, -0.1) is 0 Å². The van der Waals surface area contributed by atoms with Gasteiger partial charge in [0.15, 0.2) is 0 Å². The van der Waals surface area contributed by atoms with Gasteiger partial charge >= 0.3 is 0 Å². The highest BCUT2D eigenvalue weighted by Gasteiger charge is 1.97. The van der Waals surface area contributed by atoms with Crippen molar-refractivity contribution in [1.29, 1.82) is 0 Å². The number of rotatable bonds is 1. The zero-order valence-electron chi connectivity index (χ0n) is 6.33. The van der Waals surface area contributed by atoms with Crippen molar-refractivity contribution in [3.8, 4) is 0 Å². The first-order valence-electron chi connectivity index (χ1n) is 3.38. The van der Waals surface area contributed by atoms with Crippen LogP contribution >= 0.6 is 0 Å². The fourth-order valence-corrected chi connectivity index (χ4v) is 0.851. The topological polar surface area (TPSA) is 38.9 Å². The molecule has 0 aliphatic heterocycles. The van der Waals surface area contributed by atoms with Crippen LogP contribution < -0.4 is 5.73 Å². The van der Waals surface area contributed by atoms with Crippen LogP contribution in [0.5, 0.6) is 0 Å². The smallest absolute Gasteiger partial charge is 0.0375 e. The summed E-state index contributed by atoms with van der Waals surface area (Å²) in [6.45, 7) is 3.93. The van der Waals surface area contributed by atoms with Gasteiger partial charge in [0.1, 0.15) is 0 Å². The Balaban J connectivity index is 2.96. The van der Waals surface area contributed by atoms with Crippen LogP contribution in [-0.4, -0.2) is 4.98 Å². The monoisotopic (exact) mass is 136 g/mol. The summed E-state index contributed by atoms with van der Waals surface area (Å²) in [7, 11) is 0. The number of nitrogens with two attached hydrogens (primary N) is 1. The fourth-order valence-electron chi connectivity index (χ4n) is 0.851. The summed E-state index contributed by atoms with van der Waals surface area (Å²) < 4.78 is 0. The number of hydrogen-bond acceptors (Lipinski definition) is 2. The molecule has 0 aliphatic rings. The fraction of sp³-hybridized carbons (Fsp3) is 0.375. The molecule has 0 bridgehead atoms. The van der Waals surface area contributed by atoms with Crippen LogP contribution in [0.3, 0.4) is 0 Å². The summed E-state index contributed by atoms with van der Waals surface area (Å²) in [5, 5.41) is 0. The minimum atomic E-state index is 0.113. The molecule has 0 unspecified atom stereocenters. The molecule has 2 N–H and O–H groups in total. The van der Waals surface area contributed by atoms with Gasteiger partial charge < -0.3 is 5.73 Å². The number of hydrogen-bond donors (Lipinski definition) is 1. The average Bonchev–Trinajstić information content (AvgIpc) is 1.88. The molecule has 0 spiro atoms. The molecule has 1 heterocycles. The second-order valence-corrected chi connectivity index (χ2v) is 2.52. The number of aryl methyl sites for hydroxylation is 1. The molecule has 0 aromatic carbocycles. The summed E-state index contributed by atoms with van der Waals surface area (Å²) in [4.78, 5) is 4.07. The van der Waals surface area contributed by atoms with E-state index in [-0.39, 0.29) is 6.04 Å². The Hall–Kier alpha value is -0.890. The summed E-state index contributed by atoms with van der Waals surface area (Å²) in [6, 6.07) is 4.06. The largest absolute Gasteiger partial charge is 0.324 e. The van der Waals surface area contributed by atoms with Gasteiger partial charge in [-0.3, -0.25) is 4.98 Å². The zero-order valence-corrected chi connectivity index (χ0v) is 6.33. The Kier molecular flexibility index (Phi) is 2.02. The van der Waals surface area contributed by atoms with Crippen molar-refractivity contribution in [3.63, 3.8) is 0 Å². The van der Waals surface area contributed by atoms with E-state index in [0.717, 1.165) is 11.3 Å². The lowest BCUT2D eigenvalue weighted by Gasteiger charge is -2.04. The number of aromatic nitrogens is 1. The molecule has 54 valence electrons. The Bertz CT molecular complexity index is 218. The van der Waals surface area contributed by atoms with Crippen LogP contribution in [0.1, 0.15) is 24.2 Å². The molecule has 2 nitrogen and oxygen atoms in total. The Labute approximate surface area is 61.1 Å². The molecule has 0 aliphatic carbocycles. The molecule has 0 saturated heterocycles. The minimum Gasteiger partial charge on any atom is -0.324 e. The lowest BCUT2D eigenvalue weighted by Crippen LogP contribution is -2.04. The van der Waals surface area contributed by atoms with Gasteiger partial charge in [0, 0.05) is 17.9 Å². The van der Waals surface area contributed by atoms with Gasteiger partial charge in [-0.1, -0.05) is 0 Å². The van der Waals surface area contributed by atoms with Crippen LogP contribution in [0, 0.1) is 6.92 Å². The molecule has 0 amide bonds. The number of pyridine rings is 1. The van der Waals surface area contributed by atoms with Gasteiger partial charge in [-0.2, -0.15) is 0 Å². The van der Waals surface area contributed by atoms with E-state index < -0.39 is 0 Å². The predicted octanol–water partition coefficient (Wildman–Crippen LogP) is 1.41. The maximum atomic E-state index is 5.65. The van der Waals surface area contributed by atoms with E-state index >= 15 is 0 Å². The van der Waals surface area contributed by atoms with Gasteiger partial charge in [0.25, 0.3) is 0 Å². The van der Waals surface area contributed by atoms with E-state index in [1.165, 1.54) is 0 Å². The van der Waals surface area contributed by atoms with Crippen molar-refractivity contribution < 1.29 is 0 Å². The molecule has 1 rings (SSSR count). The molecule has 0 fully saturated rings. The first kappa shape index (κ1) is 7.22. The second kappa shape index (κ2) is 2.80. The zero-order chi connectivity index (χ0) is 7.56. The molecule has 0 saturated carbocycles. The van der Waals surface area contributed by atoms with Crippen molar-refractivity contribution in [3.05, 3.63) is 29.6 Å². The Morgan fingerprint density at radius 1 is 1.60 bits per heavy atom. The van der Waals surface area contributed by atoms with E-state index in [1.54, 1.807) is 6.20 Å². The quantitative estimate of drug-likeness (QED) is 0.634. The van der Waals surface area contributed by atoms with Crippen molar-refractivity contribution in [2.45, 2.75) is 19.9 Å². The minimum absolute atomic E-state index is 0.113. The number of nitrogens with zero attached hydrogens (tertiary/aromatic N) is 1. The highest BCUT2D eigenvalue weighted by Crippen LogP contribution is 2.08. The third kappa shape index (κ3) is 1.54. The normalized spacial score (nSPS) is 13.1. The Morgan fingerprint density at radius 3 is 2.70 bits per heavy atom. The van der Waals surface area contributed by atoms with E-state index in [1.807, 2.05) is 26.0 Å². The van der Waals surface area contributed by atoms with Crippen LogP contribution in [0.4, 0.5) is 0 Å². The van der Waals surface area contributed by atoms with Crippen LogP contribution in [0.2, 0.25) is 0 Å². The summed E-state index contributed by atoms with van der Waals surface area (Å²) in [6.07, 6.45) is 1.79. The highest BCUT2D eigenvalue weighted by atomic mass is 14.7. The van der Waals surface area contributed by atoms with Crippen molar-refractivity contribution >= 4 is 0 Å². The molecule has 2 heteroatoms. The summed E-state index contributed by atoms with van der Waals surface area (Å²) >= 11 is 0. The van der Waals surface area contributed by atoms with Crippen molar-refractivity contribution in [2.75, 3.05) is 0 Å². The van der Waals surface area contributed by atoms with Gasteiger partial charge in [0.2, 0.25) is 0 Å². The molecule has 1 aromatic heterocycles. The van der Waals surface area contributed by atoms with Crippen molar-refractivity contribution in [2.24, 2.45) is 5.73 Å². The molecule has 10 heavy (non-hydrogen) atoms. The third-order valence-corrected chi connectivity index (χ3v) is 1.45. The Morgan fingerprint density at radius 2 is 2.30 bits per heavy atom. The maximum Gasteiger partial charge on any atom is 0.0375 e. The van der Waals surface area contributed by atoms with Crippen molar-refractivity contribution in [1.82, 2.24) is 4.98 Å².